The van der Waals surface area contributed by atoms with E-state index in [0.29, 0.717) is 0 Å². The molecule has 4 atom stereocenters. The lowest BCUT2D eigenvalue weighted by molar-refractivity contribution is -0.275. The van der Waals surface area contributed by atoms with Gasteiger partial charge in [0.1, 0.15) is 10.9 Å². The Hall–Kier alpha value is -1.06. The molecule has 1 aliphatic heterocycles. The summed E-state index contributed by atoms with van der Waals surface area (Å²) in [5.41, 5.74) is -2.22. The van der Waals surface area contributed by atoms with Crippen LogP contribution in [0.1, 0.15) is 62.3 Å². The topological polar surface area (TPSA) is 109 Å². The van der Waals surface area contributed by atoms with Crippen LogP contribution in [0.3, 0.4) is 0 Å². The molecule has 0 amide bonds. The number of alkyl halides is 1. The molecule has 1 N–H and O–H groups in total. The molecule has 1 aromatic heterocycles. The molecule has 0 aliphatic carbocycles. The quantitative estimate of drug-likeness (QED) is 0.246. The number of nitrogens with one attached hydrogen (secondary N) is 1. The molecule has 1 aliphatic rings. The molecular weight excluding hydrogens is 588 g/mol. The molecule has 1 aromatic rings. The molecule has 1 saturated heterocycles. The predicted molar refractivity (Wildman–Crippen MR) is 158 cm³/mol. The van der Waals surface area contributed by atoms with E-state index in [1.807, 2.05) is 0 Å². The molecule has 2 rings (SSSR count). The minimum Gasteiger partial charge on any atom is -0.414 e. The summed E-state index contributed by atoms with van der Waals surface area (Å²) in [6.07, 6.45) is -0.00673. The van der Waals surface area contributed by atoms with Crippen LogP contribution in [0.2, 0.25) is 36.3 Å². The SMILES string of the molecule is CC(C)(C)C(=O)O[C@@]1(n2ccc(=O)[nH]c2=O)O[C@H](CO[Si](C)(C)C(C)(C)C)[C@@H](O[Si](C)(C)C(C)(C)C)[C@@H]1Br. The number of hydrogen-bond acceptors (Lipinski definition) is 7. The Kier molecular flexibility index (Phi) is 9.36. The predicted octanol–water partition coefficient (Wildman–Crippen LogP) is 5.31. The number of nitrogens with zero attached hydrogens (tertiary/aromatic N) is 1. The van der Waals surface area contributed by atoms with Crippen LogP contribution in [0.15, 0.2) is 21.9 Å². The van der Waals surface area contributed by atoms with Gasteiger partial charge in [-0.05, 0) is 57.0 Å². The fourth-order valence-corrected chi connectivity index (χ4v) is 6.71. The third kappa shape index (κ3) is 6.80. The summed E-state index contributed by atoms with van der Waals surface area (Å²) in [6.45, 7) is 26.8. The Morgan fingerprint density at radius 2 is 1.55 bits per heavy atom. The Balaban J connectivity index is 2.70. The fraction of sp³-hybridized carbons (Fsp3) is 0.808. The maximum atomic E-state index is 13.3. The average molecular weight is 636 g/mol. The zero-order valence-corrected chi connectivity index (χ0v) is 28.9. The summed E-state index contributed by atoms with van der Waals surface area (Å²) in [5.74, 6) is -2.49. The molecular formula is C26H47BrN2O7Si2. The third-order valence-electron chi connectivity index (χ3n) is 7.99. The number of ether oxygens (including phenoxy) is 2. The minimum absolute atomic E-state index is 0.0408. The molecule has 12 heteroatoms. The molecule has 1 fully saturated rings. The van der Waals surface area contributed by atoms with Crippen LogP contribution < -0.4 is 11.2 Å². The van der Waals surface area contributed by atoms with Gasteiger partial charge in [0.15, 0.2) is 16.6 Å². The number of esters is 1. The molecule has 0 radical (unpaired) electrons. The second-order valence-electron chi connectivity index (χ2n) is 14.2. The van der Waals surface area contributed by atoms with Crippen molar-refractivity contribution in [3.05, 3.63) is 33.1 Å². The minimum atomic E-state index is -2.37. The van der Waals surface area contributed by atoms with Crippen molar-refractivity contribution in [2.45, 2.75) is 122 Å². The Bertz CT molecular complexity index is 1130. The van der Waals surface area contributed by atoms with Crippen LogP contribution in [0.5, 0.6) is 0 Å². The van der Waals surface area contributed by atoms with Crippen LogP contribution in [0, 0.1) is 5.41 Å². The van der Waals surface area contributed by atoms with Crippen LogP contribution in [-0.2, 0) is 29.0 Å². The lowest BCUT2D eigenvalue weighted by atomic mass is 9.97. The molecule has 9 nitrogen and oxygen atoms in total. The van der Waals surface area contributed by atoms with E-state index in [2.05, 4.69) is 88.6 Å². The van der Waals surface area contributed by atoms with E-state index in [9.17, 15) is 14.4 Å². The number of carbonyl (C=O) groups is 1. The monoisotopic (exact) mass is 634 g/mol. The Labute approximate surface area is 237 Å². The first-order chi connectivity index (χ1) is 16.9. The smallest absolute Gasteiger partial charge is 0.333 e. The lowest BCUT2D eigenvalue weighted by Crippen LogP contribution is -2.54. The summed E-state index contributed by atoms with van der Waals surface area (Å²) in [6, 6.07) is 1.19. The summed E-state index contributed by atoms with van der Waals surface area (Å²) in [7, 11) is -4.56. The Morgan fingerprint density at radius 3 is 2.00 bits per heavy atom. The first kappa shape index (κ1) is 33.2. The molecule has 0 aromatic carbocycles. The van der Waals surface area contributed by atoms with Crippen molar-refractivity contribution >= 4 is 38.5 Å². The number of aromatic amines is 1. The highest BCUT2D eigenvalue weighted by molar-refractivity contribution is 9.09. The van der Waals surface area contributed by atoms with E-state index in [4.69, 9.17) is 18.3 Å². The van der Waals surface area contributed by atoms with Crippen LogP contribution in [0.25, 0.3) is 0 Å². The maximum Gasteiger partial charge on any atom is 0.333 e. The van der Waals surface area contributed by atoms with Crippen LogP contribution in [-0.4, -0.2) is 55.8 Å². The zero-order chi connectivity index (χ0) is 29.7. The summed E-state index contributed by atoms with van der Waals surface area (Å²) in [5, 5.41) is -0.159. The third-order valence-corrected chi connectivity index (χ3v) is 18.1. The van der Waals surface area contributed by atoms with Crippen molar-refractivity contribution in [2.24, 2.45) is 5.41 Å². The van der Waals surface area contributed by atoms with E-state index in [1.54, 1.807) is 20.8 Å². The molecule has 0 saturated carbocycles. The number of halogens is 1. The first-order valence-corrected chi connectivity index (χ1v) is 19.8. The van der Waals surface area contributed by atoms with Crippen molar-refractivity contribution in [3.8, 4) is 0 Å². The second kappa shape index (κ2) is 10.7. The van der Waals surface area contributed by atoms with Gasteiger partial charge in [0.2, 0.25) is 0 Å². The fourth-order valence-electron chi connectivity index (χ4n) is 3.30. The van der Waals surface area contributed by atoms with Gasteiger partial charge < -0.3 is 18.3 Å². The van der Waals surface area contributed by atoms with Crippen LogP contribution in [0.4, 0.5) is 0 Å². The van der Waals surface area contributed by atoms with E-state index in [1.165, 1.54) is 12.3 Å². The van der Waals surface area contributed by atoms with Crippen molar-refractivity contribution < 1.29 is 23.1 Å². The van der Waals surface area contributed by atoms with E-state index >= 15 is 0 Å². The lowest BCUT2D eigenvalue weighted by Gasteiger charge is -2.41. The number of H-pyrrole nitrogens is 1. The number of hydrogen-bond donors (Lipinski definition) is 1. The van der Waals surface area contributed by atoms with Crippen molar-refractivity contribution in [1.82, 2.24) is 9.55 Å². The van der Waals surface area contributed by atoms with Gasteiger partial charge in [0.05, 0.1) is 18.1 Å². The van der Waals surface area contributed by atoms with Crippen molar-refractivity contribution in [1.29, 1.82) is 0 Å². The molecule has 0 bridgehead atoms. The van der Waals surface area contributed by atoms with Gasteiger partial charge in [-0.3, -0.25) is 14.6 Å². The van der Waals surface area contributed by atoms with E-state index in [0.717, 1.165) is 4.57 Å². The molecule has 0 unspecified atom stereocenters. The first-order valence-electron chi connectivity index (χ1n) is 13.1. The maximum absolute atomic E-state index is 13.3. The highest BCUT2D eigenvalue weighted by atomic mass is 79.9. The normalized spacial score (nSPS) is 25.5. The van der Waals surface area contributed by atoms with Gasteiger partial charge in [0.25, 0.3) is 5.56 Å². The van der Waals surface area contributed by atoms with Crippen molar-refractivity contribution in [3.63, 3.8) is 0 Å². The highest BCUT2D eigenvalue weighted by Gasteiger charge is 2.62. The van der Waals surface area contributed by atoms with Gasteiger partial charge in [0, 0.05) is 12.3 Å². The number of carbonyl (C=O) groups excluding carboxylic acids is 1. The van der Waals surface area contributed by atoms with Gasteiger partial charge in [-0.25, -0.2) is 9.36 Å². The molecule has 218 valence electrons. The molecule has 0 spiro atoms. The van der Waals surface area contributed by atoms with Gasteiger partial charge >= 0.3 is 17.6 Å². The summed E-state index contributed by atoms with van der Waals surface area (Å²) in [4.78, 5) is 39.7. The van der Waals surface area contributed by atoms with Crippen LogP contribution >= 0.6 is 15.9 Å². The number of rotatable bonds is 7. The average Bonchev–Trinajstić information content (AvgIpc) is 2.95. The van der Waals surface area contributed by atoms with Gasteiger partial charge in [-0.1, -0.05) is 57.5 Å². The summed E-state index contributed by atoms with van der Waals surface area (Å²) >= 11 is 3.73. The zero-order valence-electron chi connectivity index (χ0n) is 25.3. The van der Waals surface area contributed by atoms with Crippen molar-refractivity contribution in [2.75, 3.05) is 6.61 Å². The highest BCUT2D eigenvalue weighted by Crippen LogP contribution is 2.47. The second-order valence-corrected chi connectivity index (χ2v) is 24.8. The molecule has 38 heavy (non-hydrogen) atoms. The summed E-state index contributed by atoms with van der Waals surface area (Å²) < 4.78 is 27.2. The van der Waals surface area contributed by atoms with E-state index < -0.39 is 62.2 Å². The largest absolute Gasteiger partial charge is 0.414 e. The number of aromatic nitrogens is 2. The van der Waals surface area contributed by atoms with E-state index in [-0.39, 0.29) is 16.7 Å². The molecule has 2 heterocycles. The standard InChI is InChI=1S/C26H47BrN2O7Si2/c1-23(2,3)21(31)35-26(29-15-14-18(30)28-22(29)32)20(27)19(36-38(12,13)25(7,8)9)17(34-26)16-33-37(10,11)24(4,5)6/h14-15,17,19-20H,16H2,1-13H3,(H,28,30,32)/t17-,19-,20+,26+/m1/s1. The van der Waals surface area contributed by atoms with Gasteiger partial charge in [-0.2, -0.15) is 0 Å². The van der Waals surface area contributed by atoms with Gasteiger partial charge in [-0.15, -0.1) is 0 Å². The Morgan fingerprint density at radius 1 is 1.03 bits per heavy atom.